The number of aliphatic hydroxyl groups is 3. The zero-order valence-corrected chi connectivity index (χ0v) is 16.2. The van der Waals surface area contributed by atoms with Crippen molar-refractivity contribution >= 4 is 17.3 Å². The van der Waals surface area contributed by atoms with E-state index >= 15 is 0 Å². The van der Waals surface area contributed by atoms with E-state index < -0.39 is 45.8 Å². The molecule has 0 fully saturated rings. The van der Waals surface area contributed by atoms with E-state index in [0.717, 1.165) is 11.1 Å². The number of hydrogen-bond acceptors (Lipinski definition) is 6. The Labute approximate surface area is 153 Å². The minimum atomic E-state index is -2.91. The van der Waals surface area contributed by atoms with E-state index in [9.17, 15) is 29.7 Å². The van der Waals surface area contributed by atoms with Crippen LogP contribution in [0.3, 0.4) is 0 Å². The maximum atomic E-state index is 12.8. The van der Waals surface area contributed by atoms with Crippen molar-refractivity contribution < 1.29 is 29.7 Å². The first-order chi connectivity index (χ1) is 11.8. The van der Waals surface area contributed by atoms with E-state index in [1.54, 1.807) is 27.7 Å². The minimum Gasteiger partial charge on any atom is -0.508 e. The molecule has 0 radical (unpaired) electrons. The molecule has 0 aliphatic heterocycles. The molecule has 2 atom stereocenters. The number of ketones is 3. The molecule has 0 heterocycles. The monoisotopic (exact) mass is 364 g/mol. The molecule has 0 bridgehead atoms. The number of Topliss-reactive ketones (excluding diaryl/α,β-unsaturated/α-hetero) is 3. The summed E-state index contributed by atoms with van der Waals surface area (Å²) < 4.78 is 0. The number of allylic oxidation sites excluding steroid dienone is 3. The second-order valence-corrected chi connectivity index (χ2v) is 7.54. The number of carbonyl (C=O) groups excluding carboxylic acids is 3. The van der Waals surface area contributed by atoms with E-state index in [4.69, 9.17) is 0 Å². The highest BCUT2D eigenvalue weighted by molar-refractivity contribution is 6.33. The molecule has 0 aromatic rings. The van der Waals surface area contributed by atoms with Gasteiger partial charge in [-0.3, -0.25) is 14.4 Å². The van der Waals surface area contributed by atoms with Crippen molar-refractivity contribution in [3.8, 4) is 0 Å². The van der Waals surface area contributed by atoms with Crippen LogP contribution in [0.5, 0.6) is 0 Å². The summed E-state index contributed by atoms with van der Waals surface area (Å²) >= 11 is 0. The highest BCUT2D eigenvalue weighted by atomic mass is 16.4. The van der Waals surface area contributed by atoms with Gasteiger partial charge in [0.15, 0.2) is 17.2 Å². The van der Waals surface area contributed by atoms with Crippen LogP contribution in [0.15, 0.2) is 34.6 Å². The molecule has 0 saturated carbocycles. The quantitative estimate of drug-likeness (QED) is 0.363. The van der Waals surface area contributed by atoms with Gasteiger partial charge in [-0.1, -0.05) is 37.1 Å². The fourth-order valence-electron chi connectivity index (χ4n) is 2.77. The molecule has 0 aromatic heterocycles. The number of hydrogen-bond donors (Lipinski definition) is 3. The van der Waals surface area contributed by atoms with E-state index in [2.05, 4.69) is 0 Å². The van der Waals surface area contributed by atoms with Crippen molar-refractivity contribution in [2.24, 2.45) is 5.92 Å². The molecule has 0 saturated heterocycles. The maximum absolute atomic E-state index is 12.8. The zero-order chi connectivity index (χ0) is 20.4. The van der Waals surface area contributed by atoms with E-state index in [-0.39, 0.29) is 12.8 Å². The third-order valence-electron chi connectivity index (χ3n) is 4.46. The second-order valence-electron chi connectivity index (χ2n) is 7.54. The van der Waals surface area contributed by atoms with Crippen LogP contribution in [0, 0.1) is 5.92 Å². The lowest BCUT2D eigenvalue weighted by atomic mass is 9.76. The van der Waals surface area contributed by atoms with Crippen LogP contribution < -0.4 is 0 Å². The standard InChI is InChI=1S/C20H28O6/c1-11(2)7-8-14(21)20(26)18(24)15(16(22)13(5)6)17(23)19(20,25)10-9-12(3)4/h7,9,13,23,25-26H,8,10H2,1-6H3. The summed E-state index contributed by atoms with van der Waals surface area (Å²) in [7, 11) is 0. The van der Waals surface area contributed by atoms with E-state index in [1.165, 1.54) is 26.0 Å². The van der Waals surface area contributed by atoms with Crippen molar-refractivity contribution in [3.63, 3.8) is 0 Å². The van der Waals surface area contributed by atoms with Gasteiger partial charge in [-0.2, -0.15) is 0 Å². The average Bonchev–Trinajstić information content (AvgIpc) is 2.69. The van der Waals surface area contributed by atoms with Crippen molar-refractivity contribution in [2.75, 3.05) is 0 Å². The lowest BCUT2D eigenvalue weighted by Gasteiger charge is -2.35. The van der Waals surface area contributed by atoms with Crippen molar-refractivity contribution in [1.82, 2.24) is 0 Å². The Hall–Kier alpha value is -2.05. The van der Waals surface area contributed by atoms with Gasteiger partial charge >= 0.3 is 0 Å². The molecular weight excluding hydrogens is 336 g/mol. The smallest absolute Gasteiger partial charge is 0.223 e. The van der Waals surface area contributed by atoms with E-state index in [1.807, 2.05) is 0 Å². The summed E-state index contributed by atoms with van der Waals surface area (Å²) in [5, 5.41) is 32.5. The van der Waals surface area contributed by atoms with Crippen LogP contribution >= 0.6 is 0 Å². The minimum absolute atomic E-state index is 0.307. The van der Waals surface area contributed by atoms with Crippen molar-refractivity contribution in [1.29, 1.82) is 0 Å². The predicted octanol–water partition coefficient (Wildman–Crippen LogP) is 2.35. The molecule has 0 spiro atoms. The number of carbonyl (C=O) groups is 3. The molecule has 0 aromatic carbocycles. The lowest BCUT2D eigenvalue weighted by Crippen LogP contribution is -2.61. The Balaban J connectivity index is 3.60. The molecule has 0 amide bonds. The van der Waals surface area contributed by atoms with E-state index in [0.29, 0.717) is 0 Å². The first-order valence-electron chi connectivity index (χ1n) is 8.58. The zero-order valence-electron chi connectivity index (χ0n) is 16.2. The molecular formula is C20H28O6. The molecule has 6 heteroatoms. The maximum Gasteiger partial charge on any atom is 0.223 e. The van der Waals surface area contributed by atoms with Gasteiger partial charge in [0.25, 0.3) is 0 Å². The molecule has 1 aliphatic carbocycles. The Morgan fingerprint density at radius 1 is 1.04 bits per heavy atom. The molecule has 1 rings (SSSR count). The normalized spacial score (nSPS) is 25.5. The molecule has 1 aliphatic rings. The first kappa shape index (κ1) is 22.0. The number of rotatable bonds is 7. The fraction of sp³-hybridized carbons (Fsp3) is 0.550. The first-order valence-corrected chi connectivity index (χ1v) is 8.58. The van der Waals surface area contributed by atoms with Gasteiger partial charge in [0.2, 0.25) is 11.4 Å². The SMILES string of the molecule is CC(C)=CCC(=O)C1(O)C(=O)C(C(=O)C(C)C)=C(O)C1(O)CC=C(C)C. The van der Waals surface area contributed by atoms with Crippen LogP contribution in [0.1, 0.15) is 54.4 Å². The Morgan fingerprint density at radius 2 is 1.54 bits per heavy atom. The summed E-state index contributed by atoms with van der Waals surface area (Å²) in [6, 6.07) is 0. The third kappa shape index (κ3) is 3.57. The predicted molar refractivity (Wildman–Crippen MR) is 97.5 cm³/mol. The van der Waals surface area contributed by atoms with Gasteiger partial charge in [-0.05, 0) is 27.7 Å². The van der Waals surface area contributed by atoms with Crippen LogP contribution in [0.2, 0.25) is 0 Å². The molecule has 26 heavy (non-hydrogen) atoms. The highest BCUT2D eigenvalue weighted by Gasteiger charge is 2.68. The average molecular weight is 364 g/mol. The van der Waals surface area contributed by atoms with Gasteiger partial charge < -0.3 is 15.3 Å². The summed E-state index contributed by atoms with van der Waals surface area (Å²) in [5.74, 6) is -4.53. The highest BCUT2D eigenvalue weighted by Crippen LogP contribution is 2.45. The third-order valence-corrected chi connectivity index (χ3v) is 4.46. The van der Waals surface area contributed by atoms with Crippen molar-refractivity contribution in [3.05, 3.63) is 34.6 Å². The molecule has 3 N–H and O–H groups in total. The largest absolute Gasteiger partial charge is 0.508 e. The second kappa shape index (κ2) is 7.68. The fourth-order valence-corrected chi connectivity index (χ4v) is 2.77. The Bertz CT molecular complexity index is 717. The summed E-state index contributed by atoms with van der Waals surface area (Å²) in [6.07, 6.45) is 2.32. The summed E-state index contributed by atoms with van der Waals surface area (Å²) in [6.45, 7) is 9.98. The Morgan fingerprint density at radius 3 is 1.96 bits per heavy atom. The van der Waals surface area contributed by atoms with Crippen LogP contribution in [0.4, 0.5) is 0 Å². The summed E-state index contributed by atoms with van der Waals surface area (Å²) in [4.78, 5) is 37.9. The molecule has 2 unspecified atom stereocenters. The topological polar surface area (TPSA) is 112 Å². The molecule has 144 valence electrons. The van der Waals surface area contributed by atoms with Gasteiger partial charge in [-0.25, -0.2) is 0 Å². The van der Waals surface area contributed by atoms with Crippen LogP contribution in [-0.2, 0) is 14.4 Å². The van der Waals surface area contributed by atoms with Gasteiger partial charge in [0.1, 0.15) is 11.3 Å². The lowest BCUT2D eigenvalue weighted by molar-refractivity contribution is -0.171. The van der Waals surface area contributed by atoms with Gasteiger partial charge in [0, 0.05) is 18.8 Å². The van der Waals surface area contributed by atoms with Crippen LogP contribution in [0.25, 0.3) is 0 Å². The van der Waals surface area contributed by atoms with Gasteiger partial charge in [-0.15, -0.1) is 0 Å². The number of aliphatic hydroxyl groups excluding tert-OH is 1. The molecule has 6 nitrogen and oxygen atoms in total. The van der Waals surface area contributed by atoms with Crippen molar-refractivity contribution in [2.45, 2.75) is 65.6 Å². The Kier molecular flexibility index (Phi) is 6.49. The summed E-state index contributed by atoms with van der Waals surface area (Å²) in [5.41, 5.74) is -4.64. The van der Waals surface area contributed by atoms with Gasteiger partial charge in [0.05, 0.1) is 0 Å². The van der Waals surface area contributed by atoms with Crippen LogP contribution in [-0.4, -0.2) is 43.9 Å².